The summed E-state index contributed by atoms with van der Waals surface area (Å²) in [5.41, 5.74) is 8.48. The van der Waals surface area contributed by atoms with Crippen molar-refractivity contribution in [3.05, 3.63) is 67.5 Å². The number of hydrogen-bond donors (Lipinski definition) is 2. The van der Waals surface area contributed by atoms with Crippen LogP contribution in [0.15, 0.2) is 67.5 Å². The minimum atomic E-state index is -0.452. The summed E-state index contributed by atoms with van der Waals surface area (Å²) < 4.78 is 7.14. The minimum absolute atomic E-state index is 0.0271. The molecule has 0 radical (unpaired) electrons. The van der Waals surface area contributed by atoms with Crippen molar-refractivity contribution in [1.29, 1.82) is 0 Å². The van der Waals surface area contributed by atoms with Gasteiger partial charge in [-0.2, -0.15) is 5.10 Å². The maximum atomic E-state index is 12.8. The van der Waals surface area contributed by atoms with E-state index in [2.05, 4.69) is 16.5 Å². The van der Waals surface area contributed by atoms with E-state index in [1.807, 2.05) is 35.0 Å². The summed E-state index contributed by atoms with van der Waals surface area (Å²) in [6.45, 7) is 4.08. The van der Waals surface area contributed by atoms with Crippen molar-refractivity contribution in [3.8, 4) is 22.8 Å². The Hall–Kier alpha value is -4.40. The lowest BCUT2D eigenvalue weighted by Crippen LogP contribution is -2.39. The van der Waals surface area contributed by atoms with Crippen LogP contribution in [-0.2, 0) is 10.3 Å². The number of phenolic OH excluding ortho intramolecular Hbond substituents is 1. The molecule has 1 amide bonds. The van der Waals surface area contributed by atoms with Crippen LogP contribution in [0, 0.1) is 0 Å². The second kappa shape index (κ2) is 8.18. The fourth-order valence-corrected chi connectivity index (χ4v) is 4.22. The van der Waals surface area contributed by atoms with Crippen LogP contribution in [0.5, 0.6) is 11.5 Å². The Bertz CT molecular complexity index is 1390. The number of fused-ring (bicyclic) bond motifs is 1. The molecular formula is C25H24N6O3. The molecule has 9 nitrogen and oxygen atoms in total. The Morgan fingerprint density at radius 1 is 1.26 bits per heavy atom. The number of anilines is 2. The zero-order valence-corrected chi connectivity index (χ0v) is 18.7. The summed E-state index contributed by atoms with van der Waals surface area (Å²) in [5, 5.41) is 15.6. The third kappa shape index (κ3) is 3.51. The first-order valence-electron chi connectivity index (χ1n) is 10.8. The summed E-state index contributed by atoms with van der Waals surface area (Å²) in [4.78, 5) is 23.2. The fourth-order valence-electron chi connectivity index (χ4n) is 4.22. The smallest absolute Gasteiger partial charge is 0.250 e. The molecule has 0 atom stereocenters. The minimum Gasteiger partial charge on any atom is -0.504 e. The molecule has 0 aliphatic heterocycles. The first kappa shape index (κ1) is 21.4. The number of phenols is 1. The van der Waals surface area contributed by atoms with Crippen LogP contribution in [0.1, 0.15) is 12.8 Å². The highest BCUT2D eigenvalue weighted by molar-refractivity contribution is 6.01. The van der Waals surface area contributed by atoms with E-state index in [1.165, 1.54) is 19.5 Å². The molecule has 2 aromatic carbocycles. The number of rotatable bonds is 7. The monoisotopic (exact) mass is 456 g/mol. The first-order valence-corrected chi connectivity index (χ1v) is 10.8. The largest absolute Gasteiger partial charge is 0.504 e. The van der Waals surface area contributed by atoms with E-state index in [0.29, 0.717) is 40.4 Å². The highest BCUT2D eigenvalue weighted by Crippen LogP contribution is 2.47. The maximum absolute atomic E-state index is 12.8. The molecule has 3 N–H and O–H groups in total. The third-order valence-corrected chi connectivity index (χ3v) is 6.18. The summed E-state index contributed by atoms with van der Waals surface area (Å²) in [6, 6.07) is 14.5. The van der Waals surface area contributed by atoms with Crippen molar-refractivity contribution in [2.24, 2.45) is 0 Å². The number of aromatic nitrogens is 4. The summed E-state index contributed by atoms with van der Waals surface area (Å²) in [6.07, 6.45) is 4.37. The predicted octanol–water partition coefficient (Wildman–Crippen LogP) is 3.50. The van der Waals surface area contributed by atoms with E-state index in [0.717, 1.165) is 18.5 Å². The molecule has 2 heterocycles. The Labute approximate surface area is 196 Å². The lowest BCUT2D eigenvalue weighted by atomic mass is 10.1. The fraction of sp³-hybridized carbons (Fsp3) is 0.200. The maximum Gasteiger partial charge on any atom is 0.250 e. The van der Waals surface area contributed by atoms with E-state index in [9.17, 15) is 9.90 Å². The number of methoxy groups -OCH3 is 1. The Morgan fingerprint density at radius 3 is 2.71 bits per heavy atom. The second-order valence-corrected chi connectivity index (χ2v) is 8.29. The first-order chi connectivity index (χ1) is 16.5. The molecular weight excluding hydrogens is 432 g/mol. The average molecular weight is 457 g/mol. The van der Waals surface area contributed by atoms with Gasteiger partial charge in [-0.15, -0.1) is 0 Å². The van der Waals surface area contributed by atoms with E-state index < -0.39 is 5.54 Å². The van der Waals surface area contributed by atoms with Gasteiger partial charge in [0.05, 0.1) is 24.6 Å². The van der Waals surface area contributed by atoms with E-state index in [1.54, 1.807) is 23.1 Å². The number of carbonyl (C=O) groups excluding carboxylic acids is 1. The topological polar surface area (TPSA) is 119 Å². The molecule has 0 bridgehead atoms. The van der Waals surface area contributed by atoms with Gasteiger partial charge in [-0.25, -0.2) is 14.6 Å². The van der Waals surface area contributed by atoms with Crippen LogP contribution in [0.25, 0.3) is 22.3 Å². The van der Waals surface area contributed by atoms with Crippen molar-refractivity contribution in [2.45, 2.75) is 18.4 Å². The molecule has 5 rings (SSSR count). The van der Waals surface area contributed by atoms with Crippen LogP contribution in [-0.4, -0.2) is 44.4 Å². The van der Waals surface area contributed by atoms with Crippen LogP contribution in [0.3, 0.4) is 0 Å². The molecule has 0 spiro atoms. The predicted molar refractivity (Wildman–Crippen MR) is 130 cm³/mol. The summed E-state index contributed by atoms with van der Waals surface area (Å²) in [7, 11) is 1.49. The normalized spacial score (nSPS) is 14.0. The van der Waals surface area contributed by atoms with Crippen LogP contribution in [0.4, 0.5) is 11.5 Å². The van der Waals surface area contributed by atoms with Gasteiger partial charge in [0.1, 0.15) is 17.8 Å². The number of para-hydroxylation sites is 1. The van der Waals surface area contributed by atoms with Crippen molar-refractivity contribution < 1.29 is 14.6 Å². The standard InChI is InChI=1S/C25H24N6O3/c1-3-20(33)30(17-7-5-4-6-8-17)14-25(11-12-25)31-24-21(23(26)27-15-28-24)22(29-31)16-9-10-18(32)19(13-16)34-2/h3-10,13,15,32H,1,11-12,14H2,2H3,(H2,26,27,28). The van der Waals surface area contributed by atoms with Crippen molar-refractivity contribution in [1.82, 2.24) is 19.7 Å². The van der Waals surface area contributed by atoms with Crippen molar-refractivity contribution in [3.63, 3.8) is 0 Å². The third-order valence-electron chi connectivity index (χ3n) is 6.18. The molecule has 1 fully saturated rings. The lowest BCUT2D eigenvalue weighted by Gasteiger charge is -2.27. The van der Waals surface area contributed by atoms with Crippen molar-refractivity contribution in [2.75, 3.05) is 24.3 Å². The average Bonchev–Trinajstić information content (AvgIpc) is 3.54. The molecule has 1 aliphatic carbocycles. The van der Waals surface area contributed by atoms with Crippen LogP contribution >= 0.6 is 0 Å². The Morgan fingerprint density at radius 2 is 2.03 bits per heavy atom. The second-order valence-electron chi connectivity index (χ2n) is 8.29. The quantitative estimate of drug-likeness (QED) is 0.409. The van der Waals surface area contributed by atoms with E-state index in [-0.39, 0.29) is 11.7 Å². The zero-order valence-electron chi connectivity index (χ0n) is 18.7. The molecule has 1 aliphatic rings. The Kier molecular flexibility index (Phi) is 5.16. The number of ether oxygens (including phenoxy) is 1. The van der Waals surface area contributed by atoms with Crippen LogP contribution < -0.4 is 15.4 Å². The number of amides is 1. The van der Waals surface area contributed by atoms with Gasteiger partial charge >= 0.3 is 0 Å². The Balaban J connectivity index is 1.64. The molecule has 9 heteroatoms. The molecule has 34 heavy (non-hydrogen) atoms. The number of aromatic hydroxyl groups is 1. The van der Waals surface area contributed by atoms with E-state index in [4.69, 9.17) is 15.6 Å². The number of benzene rings is 2. The SMILES string of the molecule is C=CC(=O)N(CC1(n2nc(-c3ccc(O)c(OC)c3)c3c(N)ncnc32)CC1)c1ccccc1. The number of carbonyl (C=O) groups is 1. The number of hydrogen-bond acceptors (Lipinski definition) is 7. The molecule has 2 aromatic heterocycles. The molecule has 1 saturated carbocycles. The molecule has 0 unspecified atom stereocenters. The highest BCUT2D eigenvalue weighted by atomic mass is 16.5. The zero-order chi connectivity index (χ0) is 23.9. The van der Waals surface area contributed by atoms with Gasteiger partial charge < -0.3 is 20.5 Å². The number of nitrogens with two attached hydrogens (primary N) is 1. The molecule has 0 saturated heterocycles. The van der Waals surface area contributed by atoms with Crippen molar-refractivity contribution >= 4 is 28.4 Å². The van der Waals surface area contributed by atoms with Gasteiger partial charge in [0.2, 0.25) is 5.91 Å². The summed E-state index contributed by atoms with van der Waals surface area (Å²) in [5.74, 6) is 0.464. The summed E-state index contributed by atoms with van der Waals surface area (Å²) >= 11 is 0. The van der Waals surface area contributed by atoms with Gasteiger partial charge in [-0.1, -0.05) is 24.8 Å². The van der Waals surface area contributed by atoms with E-state index >= 15 is 0 Å². The van der Waals surface area contributed by atoms with Crippen LogP contribution in [0.2, 0.25) is 0 Å². The number of nitrogens with zero attached hydrogens (tertiary/aromatic N) is 5. The lowest BCUT2D eigenvalue weighted by molar-refractivity contribution is -0.114. The van der Waals surface area contributed by atoms with Gasteiger partial charge in [0, 0.05) is 11.3 Å². The number of nitrogen functional groups attached to an aromatic ring is 1. The van der Waals surface area contributed by atoms with Gasteiger partial charge in [0.15, 0.2) is 17.1 Å². The van der Waals surface area contributed by atoms with Gasteiger partial charge in [-0.05, 0) is 49.2 Å². The molecule has 172 valence electrons. The molecule has 4 aromatic rings. The van der Waals surface area contributed by atoms with Gasteiger partial charge in [0.25, 0.3) is 0 Å². The highest BCUT2D eigenvalue weighted by Gasteiger charge is 2.49. The van der Waals surface area contributed by atoms with Gasteiger partial charge in [-0.3, -0.25) is 4.79 Å².